The van der Waals surface area contributed by atoms with Crippen molar-refractivity contribution in [3.05, 3.63) is 0 Å². The molecule has 0 aromatic rings. The van der Waals surface area contributed by atoms with Gasteiger partial charge in [-0.3, -0.25) is 37.3 Å². The van der Waals surface area contributed by atoms with Crippen molar-refractivity contribution in [1.29, 1.82) is 0 Å². The molecule has 0 aromatic heterocycles. The van der Waals surface area contributed by atoms with E-state index in [0.29, 0.717) is 25.7 Å². The van der Waals surface area contributed by atoms with E-state index in [1.54, 1.807) is 0 Å². The summed E-state index contributed by atoms with van der Waals surface area (Å²) in [7, 11) is -9.90. The Labute approximate surface area is 556 Å². The fourth-order valence-corrected chi connectivity index (χ4v) is 12.4. The predicted octanol–water partition coefficient (Wildman–Crippen LogP) is 20.6. The van der Waals surface area contributed by atoms with Crippen LogP contribution in [0.1, 0.15) is 363 Å². The van der Waals surface area contributed by atoms with Crippen molar-refractivity contribution in [2.45, 2.75) is 381 Å². The summed E-state index contributed by atoms with van der Waals surface area (Å²) in [4.78, 5) is 72.5. The van der Waals surface area contributed by atoms with Gasteiger partial charge in [-0.25, -0.2) is 9.13 Å². The van der Waals surface area contributed by atoms with E-state index < -0.39 is 97.5 Å². The van der Waals surface area contributed by atoms with Gasteiger partial charge in [-0.2, -0.15) is 0 Å². The number of carbonyl (C=O) groups is 4. The molecule has 0 rings (SSSR count). The van der Waals surface area contributed by atoms with E-state index in [4.69, 9.17) is 37.0 Å². The van der Waals surface area contributed by atoms with Crippen molar-refractivity contribution in [3.8, 4) is 0 Å². The zero-order chi connectivity index (χ0) is 67.3. The second-order valence-electron chi connectivity index (χ2n) is 27.2. The lowest BCUT2D eigenvalue weighted by Gasteiger charge is -2.21. The molecular weight excluding hydrogens is 1200 g/mol. The number of hydrogen-bond acceptors (Lipinski definition) is 15. The Morgan fingerprint density at radius 1 is 0.319 bits per heavy atom. The van der Waals surface area contributed by atoms with Crippen LogP contribution in [0.4, 0.5) is 0 Å². The molecule has 3 unspecified atom stereocenters. The van der Waals surface area contributed by atoms with Crippen LogP contribution in [0.5, 0.6) is 0 Å². The number of hydrogen-bond donors (Lipinski definition) is 3. The summed E-state index contributed by atoms with van der Waals surface area (Å²) in [5.41, 5.74) is 0. The third-order valence-electron chi connectivity index (χ3n) is 17.0. The Bertz CT molecular complexity index is 1790. The molecule has 540 valence electrons. The molecule has 0 heterocycles. The Kier molecular flexibility index (Phi) is 61.5. The van der Waals surface area contributed by atoms with E-state index in [9.17, 15) is 43.2 Å². The van der Waals surface area contributed by atoms with Gasteiger partial charge in [0.15, 0.2) is 12.2 Å². The van der Waals surface area contributed by atoms with Gasteiger partial charge in [0.1, 0.15) is 19.3 Å². The second kappa shape index (κ2) is 62.8. The number of aliphatic hydroxyl groups is 1. The Morgan fingerprint density at radius 2 is 0.560 bits per heavy atom. The molecule has 0 spiro atoms. The minimum atomic E-state index is -4.95. The molecule has 0 aromatic carbocycles. The van der Waals surface area contributed by atoms with Crippen LogP contribution in [0, 0.1) is 17.8 Å². The number of phosphoric acid groups is 2. The summed E-state index contributed by atoms with van der Waals surface area (Å²) in [6, 6.07) is 0. The van der Waals surface area contributed by atoms with Crippen molar-refractivity contribution in [2.24, 2.45) is 17.8 Å². The number of esters is 4. The third-order valence-corrected chi connectivity index (χ3v) is 18.9. The summed E-state index contributed by atoms with van der Waals surface area (Å²) in [5, 5.41) is 10.6. The lowest BCUT2D eigenvalue weighted by Crippen LogP contribution is -2.30. The first-order valence-corrected chi connectivity index (χ1v) is 40.4. The van der Waals surface area contributed by atoms with Gasteiger partial charge in [0.25, 0.3) is 0 Å². The standard InChI is InChI=1S/C72H140O17P2/c1-8-10-11-12-29-39-46-53-69(74)82-59-68(89-72(77)56-49-42-35-34-38-45-52-65(7)9-2)62-87-91(80,81)85-58-66(73)57-84-90(78,79)86-61-67(88-71(76)55-48-41-33-28-24-20-16-14-18-22-26-31-37-44-51-64(5)6)60-83-70(75)54-47-40-32-27-23-19-15-13-17-21-25-30-36-43-50-63(3)4/h63-68,73H,8-62H2,1-7H3,(H,78,79)(H,80,81)/t65?,66-,67-,68-/m1/s1. The maximum absolute atomic E-state index is 13.0. The fraction of sp³-hybridized carbons (Fsp3) is 0.944. The summed E-state index contributed by atoms with van der Waals surface area (Å²) in [5.74, 6) is 0.185. The normalized spacial score (nSPS) is 14.5. The van der Waals surface area contributed by atoms with Crippen molar-refractivity contribution in [1.82, 2.24) is 0 Å². The van der Waals surface area contributed by atoms with Gasteiger partial charge in [0, 0.05) is 25.7 Å². The van der Waals surface area contributed by atoms with Crippen LogP contribution in [0.2, 0.25) is 0 Å². The smallest absolute Gasteiger partial charge is 0.462 e. The lowest BCUT2D eigenvalue weighted by molar-refractivity contribution is -0.161. The molecule has 0 saturated heterocycles. The third kappa shape index (κ3) is 65.1. The highest BCUT2D eigenvalue weighted by molar-refractivity contribution is 7.47. The van der Waals surface area contributed by atoms with Gasteiger partial charge in [0.05, 0.1) is 26.4 Å². The molecule has 3 N–H and O–H groups in total. The number of rotatable bonds is 70. The molecule has 91 heavy (non-hydrogen) atoms. The highest BCUT2D eigenvalue weighted by Crippen LogP contribution is 2.45. The lowest BCUT2D eigenvalue weighted by atomic mass is 10.00. The number of phosphoric ester groups is 2. The van der Waals surface area contributed by atoms with Gasteiger partial charge in [0.2, 0.25) is 0 Å². The number of aliphatic hydroxyl groups excluding tert-OH is 1. The largest absolute Gasteiger partial charge is 0.472 e. The van der Waals surface area contributed by atoms with Crippen LogP contribution in [0.25, 0.3) is 0 Å². The first kappa shape index (κ1) is 89.1. The average Bonchev–Trinajstić information content (AvgIpc) is 2.77. The number of ether oxygens (including phenoxy) is 4. The van der Waals surface area contributed by atoms with Gasteiger partial charge in [-0.05, 0) is 43.4 Å². The molecule has 0 aliphatic rings. The van der Waals surface area contributed by atoms with E-state index in [-0.39, 0.29) is 25.7 Å². The predicted molar refractivity (Wildman–Crippen MR) is 368 cm³/mol. The van der Waals surface area contributed by atoms with Crippen molar-refractivity contribution >= 4 is 39.5 Å². The Morgan fingerprint density at radius 3 is 0.835 bits per heavy atom. The van der Waals surface area contributed by atoms with E-state index in [2.05, 4.69) is 48.5 Å². The highest BCUT2D eigenvalue weighted by Gasteiger charge is 2.30. The molecule has 0 aliphatic heterocycles. The molecule has 19 heteroatoms. The average molecular weight is 1340 g/mol. The first-order valence-electron chi connectivity index (χ1n) is 37.4. The van der Waals surface area contributed by atoms with E-state index in [0.717, 1.165) is 120 Å². The molecule has 17 nitrogen and oxygen atoms in total. The quantitative estimate of drug-likeness (QED) is 0.0222. The summed E-state index contributed by atoms with van der Waals surface area (Å²) < 4.78 is 68.2. The second-order valence-corrected chi connectivity index (χ2v) is 30.1. The van der Waals surface area contributed by atoms with Gasteiger partial charge < -0.3 is 33.8 Å². The molecule has 0 saturated carbocycles. The number of carbonyl (C=O) groups excluding carboxylic acids is 4. The van der Waals surface area contributed by atoms with E-state index >= 15 is 0 Å². The zero-order valence-corrected chi connectivity index (χ0v) is 61.1. The topological polar surface area (TPSA) is 237 Å². The van der Waals surface area contributed by atoms with Gasteiger partial charge in [-0.1, -0.05) is 312 Å². The van der Waals surface area contributed by atoms with Gasteiger partial charge in [-0.15, -0.1) is 0 Å². The summed E-state index contributed by atoms with van der Waals surface area (Å²) >= 11 is 0. The number of unbranched alkanes of at least 4 members (excludes halogenated alkanes) is 37. The van der Waals surface area contributed by atoms with Crippen LogP contribution in [0.3, 0.4) is 0 Å². The van der Waals surface area contributed by atoms with Crippen LogP contribution >= 0.6 is 15.6 Å². The highest BCUT2D eigenvalue weighted by atomic mass is 31.2. The molecule has 0 bridgehead atoms. The SMILES string of the molecule is CCCCCCCCCC(=O)OC[C@H](COP(=O)(O)OC[C@H](O)COP(=O)(O)OC[C@@H](COC(=O)CCCCCCCCCCCCCCCCC(C)C)OC(=O)CCCCCCCCCCCCCCCCC(C)C)OC(=O)CCCCCCCCC(C)CC. The van der Waals surface area contributed by atoms with Crippen molar-refractivity contribution in [3.63, 3.8) is 0 Å². The molecule has 0 amide bonds. The summed E-state index contributed by atoms with van der Waals surface area (Å²) in [6.07, 6.45) is 47.4. The minimum absolute atomic E-state index is 0.102. The van der Waals surface area contributed by atoms with E-state index in [1.165, 1.54) is 161 Å². The molecule has 0 radical (unpaired) electrons. The molecular formula is C72H140O17P2. The van der Waals surface area contributed by atoms with E-state index in [1.807, 2.05) is 0 Å². The minimum Gasteiger partial charge on any atom is -0.462 e. The molecule has 0 aliphatic carbocycles. The first-order chi connectivity index (χ1) is 43.8. The van der Waals surface area contributed by atoms with Crippen molar-refractivity contribution in [2.75, 3.05) is 39.6 Å². The fourth-order valence-electron chi connectivity index (χ4n) is 10.9. The summed E-state index contributed by atoms with van der Waals surface area (Å²) in [6.45, 7) is 11.8. The van der Waals surface area contributed by atoms with Crippen LogP contribution in [-0.2, 0) is 65.4 Å². The maximum atomic E-state index is 13.0. The molecule has 6 atom stereocenters. The maximum Gasteiger partial charge on any atom is 0.472 e. The molecule has 0 fully saturated rings. The van der Waals surface area contributed by atoms with Crippen LogP contribution in [-0.4, -0.2) is 96.7 Å². The van der Waals surface area contributed by atoms with Crippen LogP contribution < -0.4 is 0 Å². The monoisotopic (exact) mass is 1340 g/mol. The van der Waals surface area contributed by atoms with Crippen molar-refractivity contribution < 1.29 is 80.2 Å². The van der Waals surface area contributed by atoms with Gasteiger partial charge >= 0.3 is 39.5 Å². The van der Waals surface area contributed by atoms with Crippen LogP contribution in [0.15, 0.2) is 0 Å². The zero-order valence-electron chi connectivity index (χ0n) is 59.3. The Hall–Kier alpha value is -1.94. The Balaban J connectivity index is 5.19.